The largest absolute Gasteiger partial charge is 0.790 e. The van der Waals surface area contributed by atoms with Crippen LogP contribution >= 0.6 is 7.37 Å². The van der Waals surface area contributed by atoms with Crippen molar-refractivity contribution in [3.05, 3.63) is 0 Å². The molecule has 0 aliphatic rings. The van der Waals surface area contributed by atoms with Crippen LogP contribution in [0.2, 0.25) is 0 Å². The third-order valence-corrected chi connectivity index (χ3v) is 6.39. The van der Waals surface area contributed by atoms with Crippen LogP contribution in [-0.4, -0.2) is 53.8 Å². The van der Waals surface area contributed by atoms with Crippen LogP contribution in [0.4, 0.5) is 43.9 Å². The van der Waals surface area contributed by atoms with Gasteiger partial charge in [-0.1, -0.05) is 0 Å². The van der Waals surface area contributed by atoms with Crippen molar-refractivity contribution < 1.29 is 57.8 Å². The summed E-state index contributed by atoms with van der Waals surface area (Å²) in [4.78, 5) is 10.1. The van der Waals surface area contributed by atoms with E-state index in [1.807, 2.05) is 0 Å². The Labute approximate surface area is 150 Å². The zero-order valence-corrected chi connectivity index (χ0v) is 16.1. The van der Waals surface area contributed by atoms with Crippen LogP contribution < -0.4 is 4.89 Å². The maximum Gasteiger partial charge on any atom is 0.459 e. The van der Waals surface area contributed by atoms with Crippen molar-refractivity contribution in [3.63, 3.8) is 0 Å². The predicted molar refractivity (Wildman–Crippen MR) is 76.6 cm³/mol. The van der Waals surface area contributed by atoms with Crippen molar-refractivity contribution in [1.82, 2.24) is 0 Å². The van der Waals surface area contributed by atoms with E-state index < -0.39 is 31.0 Å². The number of halogens is 10. The summed E-state index contributed by atoms with van der Waals surface area (Å²) in [6.45, 7) is 15.3. The van der Waals surface area contributed by atoms with Crippen LogP contribution in [0, 0.1) is 0 Å². The minimum absolute atomic E-state index is 0.778. The maximum absolute atomic E-state index is 12.1. The summed E-state index contributed by atoms with van der Waals surface area (Å²) in [7, 11) is -8.51. The van der Waals surface area contributed by atoms with E-state index in [4.69, 9.17) is 0 Å². The molecule has 0 N–H and O–H groups in total. The van der Waals surface area contributed by atoms with Gasteiger partial charge >= 0.3 is 23.7 Å². The average molecular weight is 445 g/mol. The van der Waals surface area contributed by atoms with Crippen LogP contribution in [0.1, 0.15) is 34.6 Å². The molecule has 0 amide bonds. The van der Waals surface area contributed by atoms with Crippen LogP contribution in [0.15, 0.2) is 0 Å². The lowest BCUT2D eigenvalue weighted by molar-refractivity contribution is -0.943. The van der Waals surface area contributed by atoms with Crippen LogP contribution in [0.5, 0.6) is 0 Å². The van der Waals surface area contributed by atoms with E-state index in [0.29, 0.717) is 0 Å². The topological polar surface area (TPSA) is 40.1 Å². The molecule has 0 bridgehead atoms. The molecule has 3 nitrogen and oxygen atoms in total. The summed E-state index contributed by atoms with van der Waals surface area (Å²) in [6.07, 6.45) is -14.2. The van der Waals surface area contributed by atoms with Gasteiger partial charge in [-0.2, -0.15) is 43.9 Å². The highest BCUT2D eigenvalue weighted by Crippen LogP contribution is 2.72. The van der Waals surface area contributed by atoms with E-state index >= 15 is 0 Å². The Kier molecular flexibility index (Phi) is 9.40. The predicted octanol–water partition coefficient (Wildman–Crippen LogP) is 5.21. The molecule has 0 aromatic carbocycles. The summed E-state index contributed by atoms with van der Waals surface area (Å²) < 4.78 is 128. The standard InChI is InChI=1S/C9H22N.C4HF10O2P/c1-6-10(7-2,8-3)9(4)5;5-1(6,7)3(11,12)17(15,16)4(13,14)2(8,9)10/h9H,6-8H2,1-5H3;(H,15,16)/q+1;/p-1. The molecule has 0 radical (unpaired) electrons. The fraction of sp³-hybridized carbons (Fsp3) is 1.00. The minimum Gasteiger partial charge on any atom is -0.790 e. The molecule has 27 heavy (non-hydrogen) atoms. The lowest BCUT2D eigenvalue weighted by Crippen LogP contribution is -2.52. The SMILES string of the molecule is CC[N+](CC)(CC)C(C)C.O=P([O-])(C(F)(F)C(F)(F)F)C(F)(F)C(F)(F)F. The fourth-order valence-corrected chi connectivity index (χ4v) is 3.30. The number of hydrogen-bond donors (Lipinski definition) is 0. The molecule has 0 unspecified atom stereocenters. The molecule has 0 saturated carbocycles. The van der Waals surface area contributed by atoms with E-state index in [0.717, 1.165) is 6.04 Å². The molecule has 0 aromatic heterocycles. The summed E-state index contributed by atoms with van der Waals surface area (Å²) in [5.74, 6) is 0. The smallest absolute Gasteiger partial charge is 0.459 e. The Morgan fingerprint density at radius 2 is 0.963 bits per heavy atom. The highest BCUT2D eigenvalue weighted by Gasteiger charge is 2.78. The van der Waals surface area contributed by atoms with E-state index in [-0.39, 0.29) is 0 Å². The Morgan fingerprint density at radius 1 is 0.741 bits per heavy atom. The molecule has 0 aliphatic carbocycles. The highest BCUT2D eigenvalue weighted by atomic mass is 31.2. The molecule has 0 atom stereocenters. The summed E-state index contributed by atoms with van der Waals surface area (Å²) in [6, 6.07) is 0.778. The Morgan fingerprint density at radius 3 is 1.04 bits per heavy atom. The third-order valence-electron chi connectivity index (χ3n) is 4.41. The van der Waals surface area contributed by atoms with Crippen molar-refractivity contribution in [2.24, 2.45) is 0 Å². The number of rotatable bonds is 6. The molecule has 0 rings (SSSR count). The first-order chi connectivity index (χ1) is 11.6. The van der Waals surface area contributed by atoms with Crippen molar-refractivity contribution >= 4 is 7.37 Å². The molecule has 0 aliphatic heterocycles. The monoisotopic (exact) mass is 445 g/mol. The number of hydrogen-bond acceptors (Lipinski definition) is 2. The van der Waals surface area contributed by atoms with Gasteiger partial charge in [0.25, 0.3) is 0 Å². The van der Waals surface area contributed by atoms with Gasteiger partial charge in [0.2, 0.25) is 0 Å². The molecule has 0 aromatic rings. The Balaban J connectivity index is 0. The second-order valence-electron chi connectivity index (χ2n) is 5.89. The van der Waals surface area contributed by atoms with Crippen molar-refractivity contribution in [2.45, 2.75) is 64.3 Å². The molecular weight excluding hydrogens is 423 g/mol. The number of nitrogens with zero attached hydrogens (tertiary/aromatic N) is 1. The molecule has 14 heteroatoms. The Hall–Kier alpha value is -0.550. The average Bonchev–Trinajstić information content (AvgIpc) is 2.47. The van der Waals surface area contributed by atoms with Crippen molar-refractivity contribution in [1.29, 1.82) is 0 Å². The highest BCUT2D eigenvalue weighted by molar-refractivity contribution is 7.59. The van der Waals surface area contributed by atoms with Crippen molar-refractivity contribution in [2.75, 3.05) is 19.6 Å². The normalized spacial score (nSPS) is 14.9. The third kappa shape index (κ3) is 5.50. The van der Waals surface area contributed by atoms with E-state index in [9.17, 15) is 53.4 Å². The van der Waals surface area contributed by atoms with Crippen LogP contribution in [-0.2, 0) is 4.57 Å². The van der Waals surface area contributed by atoms with E-state index in [1.54, 1.807) is 0 Å². The van der Waals surface area contributed by atoms with Gasteiger partial charge in [0.1, 0.15) is 0 Å². The van der Waals surface area contributed by atoms with Gasteiger partial charge in [-0.05, 0) is 34.6 Å². The molecule has 0 fully saturated rings. The quantitative estimate of drug-likeness (QED) is 0.320. The van der Waals surface area contributed by atoms with Gasteiger partial charge in [-0.15, -0.1) is 0 Å². The summed E-state index contributed by atoms with van der Waals surface area (Å²) in [5, 5.41) is 0. The van der Waals surface area contributed by atoms with Gasteiger partial charge in [-0.3, -0.25) is 0 Å². The lowest BCUT2D eigenvalue weighted by atomic mass is 10.2. The zero-order valence-electron chi connectivity index (χ0n) is 15.2. The first-order valence-electron chi connectivity index (χ1n) is 7.69. The van der Waals surface area contributed by atoms with Gasteiger partial charge in [0.05, 0.1) is 25.7 Å². The first-order valence-corrected chi connectivity index (χ1v) is 9.31. The first kappa shape index (κ1) is 28.7. The molecular formula is C13H22F10NO2P. The molecule has 166 valence electrons. The van der Waals surface area contributed by atoms with Crippen LogP contribution in [0.3, 0.4) is 0 Å². The zero-order chi connectivity index (χ0) is 22.7. The fourth-order valence-electron chi connectivity index (χ4n) is 2.28. The Bertz CT molecular complexity index is 474. The second kappa shape index (κ2) is 8.86. The van der Waals surface area contributed by atoms with Crippen LogP contribution in [0.25, 0.3) is 0 Å². The van der Waals surface area contributed by atoms with Gasteiger partial charge in [-0.25, -0.2) is 0 Å². The lowest BCUT2D eigenvalue weighted by Gasteiger charge is -2.39. The summed E-state index contributed by atoms with van der Waals surface area (Å²) in [5.41, 5.74) is -14.4. The van der Waals surface area contributed by atoms with Gasteiger partial charge in [0, 0.05) is 0 Å². The number of alkyl halides is 10. The maximum atomic E-state index is 12.1. The molecule has 0 spiro atoms. The van der Waals surface area contributed by atoms with E-state index in [2.05, 4.69) is 34.6 Å². The number of quaternary nitrogens is 1. The van der Waals surface area contributed by atoms with E-state index in [1.165, 1.54) is 24.1 Å². The molecule has 0 heterocycles. The van der Waals surface area contributed by atoms with Gasteiger partial charge < -0.3 is 13.9 Å². The van der Waals surface area contributed by atoms with Gasteiger partial charge in [0.15, 0.2) is 7.37 Å². The minimum atomic E-state index is -8.51. The van der Waals surface area contributed by atoms with Crippen molar-refractivity contribution in [3.8, 4) is 0 Å². The molecule has 0 saturated heterocycles. The summed E-state index contributed by atoms with van der Waals surface area (Å²) >= 11 is 0. The second-order valence-corrected chi connectivity index (χ2v) is 8.12.